The highest BCUT2D eigenvalue weighted by molar-refractivity contribution is 6.18. The number of benzene rings is 1. The Hall–Kier alpha value is -0.630. The number of hydrogen-bond donors (Lipinski definition) is 0. The molecule has 0 saturated carbocycles. The summed E-state index contributed by atoms with van der Waals surface area (Å²) >= 11 is 5.90. The van der Waals surface area contributed by atoms with Gasteiger partial charge in [-0.3, -0.25) is 0 Å². The first-order chi connectivity index (χ1) is 7.52. The highest BCUT2D eigenvalue weighted by Gasteiger charge is 2.25. The second-order valence-electron chi connectivity index (χ2n) is 4.57. The van der Waals surface area contributed by atoms with E-state index in [2.05, 4.69) is 0 Å². The monoisotopic (exact) mass is 246 g/mol. The van der Waals surface area contributed by atoms with Crippen molar-refractivity contribution < 1.29 is 8.78 Å². The van der Waals surface area contributed by atoms with Crippen LogP contribution in [-0.4, -0.2) is 5.88 Å². The van der Waals surface area contributed by atoms with Gasteiger partial charge in [0.25, 0.3) is 0 Å². The zero-order chi connectivity index (χ0) is 12.2. The van der Waals surface area contributed by atoms with Gasteiger partial charge in [0.15, 0.2) is 0 Å². The lowest BCUT2D eigenvalue weighted by atomic mass is 9.81. The third kappa shape index (κ3) is 3.18. The Morgan fingerprint density at radius 3 is 2.25 bits per heavy atom. The minimum absolute atomic E-state index is 0.152. The van der Waals surface area contributed by atoms with Gasteiger partial charge in [-0.05, 0) is 30.4 Å². The normalized spacial score (nSPS) is 14.8. The Morgan fingerprint density at radius 2 is 1.81 bits per heavy atom. The summed E-state index contributed by atoms with van der Waals surface area (Å²) < 4.78 is 26.9. The molecular formula is C13H17ClF2. The number of alkyl halides is 1. The molecule has 1 rings (SSSR count). The maximum Gasteiger partial charge on any atom is 0.129 e. The molecule has 1 aromatic carbocycles. The molecule has 3 heteroatoms. The zero-order valence-corrected chi connectivity index (χ0v) is 10.5. The van der Waals surface area contributed by atoms with Crippen LogP contribution >= 0.6 is 11.6 Å². The van der Waals surface area contributed by atoms with E-state index in [4.69, 9.17) is 11.6 Å². The van der Waals surface area contributed by atoms with Crippen LogP contribution < -0.4 is 0 Å². The molecule has 0 spiro atoms. The standard InChI is InChI=1S/C13H17ClF2/c1-3-7-13(2,9-14)8-10-11(15)5-4-6-12(10)16/h4-6H,3,7-9H2,1-2H3. The predicted octanol–water partition coefficient (Wildman–Crippen LogP) is 4.55. The predicted molar refractivity (Wildman–Crippen MR) is 63.8 cm³/mol. The second-order valence-corrected chi connectivity index (χ2v) is 4.84. The number of halogens is 3. The van der Waals surface area contributed by atoms with Gasteiger partial charge in [-0.25, -0.2) is 8.78 Å². The molecule has 1 atom stereocenters. The Balaban J connectivity index is 2.94. The first-order valence-corrected chi connectivity index (χ1v) is 6.05. The fourth-order valence-electron chi connectivity index (χ4n) is 1.93. The van der Waals surface area contributed by atoms with Crippen LogP contribution in [-0.2, 0) is 6.42 Å². The first-order valence-electron chi connectivity index (χ1n) is 5.51. The van der Waals surface area contributed by atoms with Gasteiger partial charge < -0.3 is 0 Å². The number of hydrogen-bond acceptors (Lipinski definition) is 0. The molecule has 0 amide bonds. The van der Waals surface area contributed by atoms with Gasteiger partial charge in [-0.2, -0.15) is 0 Å². The van der Waals surface area contributed by atoms with Gasteiger partial charge in [-0.1, -0.05) is 26.3 Å². The van der Waals surface area contributed by atoms with Crippen LogP contribution in [0, 0.1) is 17.0 Å². The smallest absolute Gasteiger partial charge is 0.129 e. The van der Waals surface area contributed by atoms with Crippen molar-refractivity contribution in [3.05, 3.63) is 35.4 Å². The van der Waals surface area contributed by atoms with Crippen LogP contribution in [0.3, 0.4) is 0 Å². The van der Waals surface area contributed by atoms with Gasteiger partial charge in [-0.15, -0.1) is 11.6 Å². The third-order valence-electron chi connectivity index (χ3n) is 2.84. The summed E-state index contributed by atoms with van der Waals surface area (Å²) in [6.07, 6.45) is 2.17. The quantitative estimate of drug-likeness (QED) is 0.669. The molecule has 0 aliphatic rings. The van der Waals surface area contributed by atoms with Crippen LogP contribution in [0.15, 0.2) is 18.2 Å². The summed E-state index contributed by atoms with van der Waals surface area (Å²) in [6, 6.07) is 3.96. The lowest BCUT2D eigenvalue weighted by Gasteiger charge is -2.27. The third-order valence-corrected chi connectivity index (χ3v) is 3.49. The Bertz CT molecular complexity index is 332. The summed E-state index contributed by atoms with van der Waals surface area (Å²) in [4.78, 5) is 0. The minimum Gasteiger partial charge on any atom is -0.207 e. The van der Waals surface area contributed by atoms with Crippen molar-refractivity contribution >= 4 is 11.6 Å². The molecule has 0 nitrogen and oxygen atoms in total. The van der Waals surface area contributed by atoms with Crippen LogP contribution in [0.1, 0.15) is 32.3 Å². The average molecular weight is 247 g/mol. The lowest BCUT2D eigenvalue weighted by Crippen LogP contribution is -2.22. The zero-order valence-electron chi connectivity index (χ0n) is 9.69. The van der Waals surface area contributed by atoms with E-state index < -0.39 is 11.6 Å². The van der Waals surface area contributed by atoms with Crippen molar-refractivity contribution in [2.75, 3.05) is 5.88 Å². The molecule has 1 unspecified atom stereocenters. The maximum atomic E-state index is 13.5. The largest absolute Gasteiger partial charge is 0.207 e. The maximum absolute atomic E-state index is 13.5. The van der Waals surface area contributed by atoms with E-state index in [9.17, 15) is 8.78 Å². The van der Waals surface area contributed by atoms with Crippen LogP contribution in [0.25, 0.3) is 0 Å². The van der Waals surface area contributed by atoms with Crippen LogP contribution in [0.2, 0.25) is 0 Å². The molecule has 1 aromatic rings. The van der Waals surface area contributed by atoms with Gasteiger partial charge in [0.2, 0.25) is 0 Å². The van der Waals surface area contributed by atoms with E-state index in [0.29, 0.717) is 12.3 Å². The summed E-state index contributed by atoms with van der Waals surface area (Å²) in [5, 5.41) is 0. The van der Waals surface area contributed by atoms with Crippen molar-refractivity contribution in [3.8, 4) is 0 Å². The van der Waals surface area contributed by atoms with Crippen LogP contribution in [0.5, 0.6) is 0 Å². The fraction of sp³-hybridized carbons (Fsp3) is 0.538. The minimum atomic E-state index is -0.479. The van der Waals surface area contributed by atoms with E-state index in [1.54, 1.807) is 0 Å². The average Bonchev–Trinajstić information content (AvgIpc) is 2.24. The van der Waals surface area contributed by atoms with Crippen molar-refractivity contribution in [2.24, 2.45) is 5.41 Å². The van der Waals surface area contributed by atoms with Crippen molar-refractivity contribution in [1.29, 1.82) is 0 Å². The van der Waals surface area contributed by atoms with Gasteiger partial charge in [0, 0.05) is 11.4 Å². The van der Waals surface area contributed by atoms with Gasteiger partial charge in [0.1, 0.15) is 11.6 Å². The highest BCUT2D eigenvalue weighted by Crippen LogP contribution is 2.31. The van der Waals surface area contributed by atoms with Gasteiger partial charge in [0.05, 0.1) is 0 Å². The Morgan fingerprint density at radius 1 is 1.25 bits per heavy atom. The SMILES string of the molecule is CCCC(C)(CCl)Cc1c(F)cccc1F. The van der Waals surface area contributed by atoms with Crippen molar-refractivity contribution in [3.63, 3.8) is 0 Å². The topological polar surface area (TPSA) is 0 Å². The van der Waals surface area contributed by atoms with E-state index in [-0.39, 0.29) is 11.0 Å². The van der Waals surface area contributed by atoms with E-state index in [1.165, 1.54) is 18.2 Å². The molecule has 0 aliphatic carbocycles. The molecular weight excluding hydrogens is 230 g/mol. The molecule has 0 saturated heterocycles. The highest BCUT2D eigenvalue weighted by atomic mass is 35.5. The Labute approximate surface area is 101 Å². The molecule has 0 N–H and O–H groups in total. The number of rotatable bonds is 5. The van der Waals surface area contributed by atoms with Crippen molar-refractivity contribution in [1.82, 2.24) is 0 Å². The van der Waals surface area contributed by atoms with E-state index >= 15 is 0 Å². The van der Waals surface area contributed by atoms with Crippen LogP contribution in [0.4, 0.5) is 8.78 Å². The summed E-state index contributed by atoms with van der Waals surface area (Å²) in [6.45, 7) is 4.01. The molecule has 0 bridgehead atoms. The molecule has 0 heterocycles. The molecule has 90 valence electrons. The second kappa shape index (κ2) is 5.62. The fourth-order valence-corrected chi connectivity index (χ4v) is 2.16. The lowest BCUT2D eigenvalue weighted by molar-refractivity contribution is 0.324. The van der Waals surface area contributed by atoms with Gasteiger partial charge >= 0.3 is 0 Å². The summed E-state index contributed by atoms with van der Waals surface area (Å²) in [7, 11) is 0. The first kappa shape index (κ1) is 13.4. The molecule has 16 heavy (non-hydrogen) atoms. The molecule has 0 aromatic heterocycles. The van der Waals surface area contributed by atoms with Crippen molar-refractivity contribution in [2.45, 2.75) is 33.1 Å². The summed E-state index contributed by atoms with van der Waals surface area (Å²) in [5.41, 5.74) is -0.0848. The van der Waals surface area contributed by atoms with E-state index in [0.717, 1.165) is 12.8 Å². The molecule has 0 fully saturated rings. The Kier molecular flexibility index (Phi) is 4.72. The summed E-state index contributed by atoms with van der Waals surface area (Å²) in [5.74, 6) is -0.547. The van der Waals surface area contributed by atoms with E-state index in [1.807, 2.05) is 13.8 Å². The molecule has 0 radical (unpaired) electrons. The molecule has 0 aliphatic heterocycles.